The molecule has 16 heavy (non-hydrogen) atoms. The molecule has 1 heterocycles. The van der Waals surface area contributed by atoms with E-state index in [2.05, 4.69) is 5.32 Å². The number of hydrogen-bond acceptors (Lipinski definition) is 2. The molecule has 0 aliphatic carbocycles. The maximum atomic E-state index is 12.0. The molecule has 2 rings (SSSR count). The standard InChI is InChI=1S/C13H16N2O/c1-3-14-9-11-8-10-6-4-5-7-12(10)15(2)13(11)16/h4-8,14H,3,9H2,1-2H3. The van der Waals surface area contributed by atoms with Crippen molar-refractivity contribution in [1.82, 2.24) is 9.88 Å². The van der Waals surface area contributed by atoms with Gasteiger partial charge in [0.15, 0.2) is 0 Å². The van der Waals surface area contributed by atoms with Gasteiger partial charge in [-0.2, -0.15) is 0 Å². The molecule has 1 aromatic heterocycles. The van der Waals surface area contributed by atoms with Gasteiger partial charge < -0.3 is 9.88 Å². The maximum absolute atomic E-state index is 12.0. The van der Waals surface area contributed by atoms with Gasteiger partial charge in [-0.15, -0.1) is 0 Å². The summed E-state index contributed by atoms with van der Waals surface area (Å²) < 4.78 is 1.71. The SMILES string of the molecule is CCNCc1cc2ccccc2n(C)c1=O. The summed E-state index contributed by atoms with van der Waals surface area (Å²) in [7, 11) is 1.82. The number of nitrogens with zero attached hydrogens (tertiary/aromatic N) is 1. The van der Waals surface area contributed by atoms with E-state index in [0.717, 1.165) is 23.0 Å². The Hall–Kier alpha value is -1.61. The third-order valence-corrected chi connectivity index (χ3v) is 2.77. The number of pyridine rings is 1. The van der Waals surface area contributed by atoms with Gasteiger partial charge in [0.05, 0.1) is 5.52 Å². The monoisotopic (exact) mass is 216 g/mol. The van der Waals surface area contributed by atoms with Crippen LogP contribution in [0.4, 0.5) is 0 Å². The van der Waals surface area contributed by atoms with Crippen LogP contribution in [0, 0.1) is 0 Å². The van der Waals surface area contributed by atoms with E-state index < -0.39 is 0 Å². The molecule has 0 spiro atoms. The Morgan fingerprint density at radius 2 is 2.06 bits per heavy atom. The highest BCUT2D eigenvalue weighted by Gasteiger charge is 2.05. The Morgan fingerprint density at radius 1 is 1.31 bits per heavy atom. The summed E-state index contributed by atoms with van der Waals surface area (Å²) in [5.74, 6) is 0. The van der Waals surface area contributed by atoms with Gasteiger partial charge in [-0.25, -0.2) is 0 Å². The van der Waals surface area contributed by atoms with E-state index in [1.165, 1.54) is 0 Å². The van der Waals surface area contributed by atoms with E-state index in [-0.39, 0.29) is 5.56 Å². The number of benzene rings is 1. The number of nitrogens with one attached hydrogen (secondary N) is 1. The van der Waals surface area contributed by atoms with Crippen molar-refractivity contribution in [2.75, 3.05) is 6.54 Å². The van der Waals surface area contributed by atoms with Crippen molar-refractivity contribution in [3.8, 4) is 0 Å². The fourth-order valence-electron chi connectivity index (χ4n) is 1.88. The van der Waals surface area contributed by atoms with Gasteiger partial charge in [-0.1, -0.05) is 25.1 Å². The fourth-order valence-corrected chi connectivity index (χ4v) is 1.88. The number of fused-ring (bicyclic) bond motifs is 1. The van der Waals surface area contributed by atoms with Crippen molar-refractivity contribution in [1.29, 1.82) is 0 Å². The maximum Gasteiger partial charge on any atom is 0.255 e. The van der Waals surface area contributed by atoms with Crippen LogP contribution in [-0.2, 0) is 13.6 Å². The van der Waals surface area contributed by atoms with Gasteiger partial charge in [0.25, 0.3) is 5.56 Å². The van der Waals surface area contributed by atoms with Crippen molar-refractivity contribution in [3.05, 3.63) is 46.2 Å². The zero-order chi connectivity index (χ0) is 11.5. The second-order valence-corrected chi connectivity index (χ2v) is 3.87. The Labute approximate surface area is 94.7 Å². The molecule has 0 radical (unpaired) electrons. The minimum absolute atomic E-state index is 0.0830. The summed E-state index contributed by atoms with van der Waals surface area (Å²) in [4.78, 5) is 12.0. The van der Waals surface area contributed by atoms with Crippen LogP contribution in [0.5, 0.6) is 0 Å². The summed E-state index contributed by atoms with van der Waals surface area (Å²) in [6.45, 7) is 3.54. The highest BCUT2D eigenvalue weighted by molar-refractivity contribution is 5.79. The molecule has 0 unspecified atom stereocenters. The minimum atomic E-state index is 0.0830. The molecule has 0 saturated heterocycles. The van der Waals surface area contributed by atoms with Crippen molar-refractivity contribution in [3.63, 3.8) is 0 Å². The Morgan fingerprint density at radius 3 is 2.81 bits per heavy atom. The lowest BCUT2D eigenvalue weighted by Gasteiger charge is -2.08. The average Bonchev–Trinajstić information content (AvgIpc) is 2.32. The van der Waals surface area contributed by atoms with Crippen LogP contribution in [0.3, 0.4) is 0 Å². The summed E-state index contributed by atoms with van der Waals surface area (Å²) in [6, 6.07) is 9.91. The third kappa shape index (κ3) is 1.86. The van der Waals surface area contributed by atoms with E-state index >= 15 is 0 Å². The number of rotatable bonds is 3. The highest BCUT2D eigenvalue weighted by atomic mass is 16.1. The van der Waals surface area contributed by atoms with Crippen LogP contribution in [-0.4, -0.2) is 11.1 Å². The van der Waals surface area contributed by atoms with Crippen LogP contribution in [0.2, 0.25) is 0 Å². The molecule has 0 bridgehead atoms. The second kappa shape index (κ2) is 4.49. The number of hydrogen-bond donors (Lipinski definition) is 1. The molecular weight excluding hydrogens is 200 g/mol. The molecule has 3 heteroatoms. The molecule has 1 aromatic carbocycles. The van der Waals surface area contributed by atoms with Crippen LogP contribution in [0.1, 0.15) is 12.5 Å². The van der Waals surface area contributed by atoms with E-state index in [1.54, 1.807) is 4.57 Å². The first-order valence-electron chi connectivity index (χ1n) is 5.52. The molecular formula is C13H16N2O. The first-order valence-corrected chi connectivity index (χ1v) is 5.52. The molecule has 2 aromatic rings. The van der Waals surface area contributed by atoms with Gasteiger partial charge in [0, 0.05) is 19.2 Å². The average molecular weight is 216 g/mol. The molecule has 0 saturated carbocycles. The number of para-hydroxylation sites is 1. The first kappa shape index (κ1) is 10.9. The van der Waals surface area contributed by atoms with Crippen molar-refractivity contribution in [2.24, 2.45) is 7.05 Å². The zero-order valence-corrected chi connectivity index (χ0v) is 9.66. The predicted octanol–water partition coefficient (Wildman–Crippen LogP) is 1.65. The molecule has 1 N–H and O–H groups in total. The van der Waals surface area contributed by atoms with E-state index in [1.807, 2.05) is 44.3 Å². The van der Waals surface area contributed by atoms with Crippen molar-refractivity contribution >= 4 is 10.9 Å². The summed E-state index contributed by atoms with van der Waals surface area (Å²) in [5, 5.41) is 4.29. The minimum Gasteiger partial charge on any atom is -0.313 e. The molecule has 3 nitrogen and oxygen atoms in total. The van der Waals surface area contributed by atoms with Crippen LogP contribution >= 0.6 is 0 Å². The topological polar surface area (TPSA) is 34.0 Å². The quantitative estimate of drug-likeness (QED) is 0.846. The third-order valence-electron chi connectivity index (χ3n) is 2.77. The van der Waals surface area contributed by atoms with Gasteiger partial charge in [0.2, 0.25) is 0 Å². The largest absolute Gasteiger partial charge is 0.313 e. The van der Waals surface area contributed by atoms with E-state index in [9.17, 15) is 4.79 Å². The second-order valence-electron chi connectivity index (χ2n) is 3.87. The molecule has 84 valence electrons. The Bertz CT molecular complexity index is 557. The summed E-state index contributed by atoms with van der Waals surface area (Å²) >= 11 is 0. The normalized spacial score (nSPS) is 10.9. The van der Waals surface area contributed by atoms with E-state index in [4.69, 9.17) is 0 Å². The highest BCUT2D eigenvalue weighted by Crippen LogP contribution is 2.11. The van der Waals surface area contributed by atoms with Gasteiger partial charge in [-0.3, -0.25) is 4.79 Å². The fraction of sp³-hybridized carbons (Fsp3) is 0.308. The number of aryl methyl sites for hydroxylation is 1. The van der Waals surface area contributed by atoms with E-state index in [0.29, 0.717) is 6.54 Å². The van der Waals surface area contributed by atoms with Crippen LogP contribution < -0.4 is 10.9 Å². The van der Waals surface area contributed by atoms with Crippen molar-refractivity contribution in [2.45, 2.75) is 13.5 Å². The summed E-state index contributed by atoms with van der Waals surface area (Å²) in [6.07, 6.45) is 0. The lowest BCUT2D eigenvalue weighted by Crippen LogP contribution is -2.25. The molecule has 0 amide bonds. The number of aromatic nitrogens is 1. The summed E-state index contributed by atoms with van der Waals surface area (Å²) in [5.41, 5.74) is 1.88. The van der Waals surface area contributed by atoms with Gasteiger partial charge >= 0.3 is 0 Å². The zero-order valence-electron chi connectivity index (χ0n) is 9.66. The lowest BCUT2D eigenvalue weighted by atomic mass is 10.1. The Balaban J connectivity index is 2.60. The molecule has 0 fully saturated rings. The van der Waals surface area contributed by atoms with Crippen LogP contribution in [0.15, 0.2) is 35.1 Å². The Kier molecular flexibility index (Phi) is 3.06. The first-order chi connectivity index (χ1) is 7.74. The lowest BCUT2D eigenvalue weighted by molar-refractivity contribution is 0.712. The predicted molar refractivity (Wildman–Crippen MR) is 66.6 cm³/mol. The molecule has 0 atom stereocenters. The molecule has 0 aliphatic heterocycles. The molecule has 0 aliphatic rings. The van der Waals surface area contributed by atoms with Gasteiger partial charge in [-0.05, 0) is 24.1 Å². The smallest absolute Gasteiger partial charge is 0.255 e. The van der Waals surface area contributed by atoms with Crippen LogP contribution in [0.25, 0.3) is 10.9 Å². The van der Waals surface area contributed by atoms with Gasteiger partial charge in [0.1, 0.15) is 0 Å². The van der Waals surface area contributed by atoms with Crippen molar-refractivity contribution < 1.29 is 0 Å².